The summed E-state index contributed by atoms with van der Waals surface area (Å²) in [5.74, 6) is 1.90. The Balaban J connectivity index is 1.29. The van der Waals surface area contributed by atoms with E-state index in [0.717, 1.165) is 24.7 Å². The first kappa shape index (κ1) is 24.5. The van der Waals surface area contributed by atoms with Crippen molar-refractivity contribution in [3.63, 3.8) is 0 Å². The minimum absolute atomic E-state index is 0.931. The molecule has 0 aliphatic heterocycles. The number of aryl methyl sites for hydroxylation is 2. The van der Waals surface area contributed by atoms with Gasteiger partial charge in [0.25, 0.3) is 0 Å². The maximum absolute atomic E-state index is 2.35. The highest BCUT2D eigenvalue weighted by molar-refractivity contribution is 5.87. The summed E-state index contributed by atoms with van der Waals surface area (Å²) in [6, 6.07) is 23.2. The van der Waals surface area contributed by atoms with Crippen LogP contribution in [0.3, 0.4) is 0 Å². The Morgan fingerprint density at radius 1 is 0.588 bits per heavy atom. The first-order valence-corrected chi connectivity index (χ1v) is 13.6. The summed E-state index contributed by atoms with van der Waals surface area (Å²) in [7, 11) is 0. The number of allylic oxidation sites excluding steroid dienone is 4. The van der Waals surface area contributed by atoms with E-state index >= 15 is 0 Å². The zero-order valence-electron chi connectivity index (χ0n) is 21.3. The maximum atomic E-state index is 2.35. The Morgan fingerprint density at radius 2 is 1.18 bits per heavy atom. The fourth-order valence-electron chi connectivity index (χ4n) is 5.59. The molecule has 3 aromatic rings. The molecular weight excluding hydrogens is 408 g/mol. The summed E-state index contributed by atoms with van der Waals surface area (Å²) >= 11 is 0. The van der Waals surface area contributed by atoms with Crippen LogP contribution in [0.15, 0.2) is 85.0 Å². The van der Waals surface area contributed by atoms with Crippen molar-refractivity contribution in [2.45, 2.75) is 78.1 Å². The highest BCUT2D eigenvalue weighted by Gasteiger charge is 2.20. The van der Waals surface area contributed by atoms with Crippen LogP contribution in [0.4, 0.5) is 0 Å². The zero-order valence-corrected chi connectivity index (χ0v) is 21.3. The number of fused-ring (bicyclic) bond motifs is 1. The molecule has 0 spiro atoms. The Kier molecular flexibility index (Phi) is 9.19. The Hall–Kier alpha value is -2.60. The molecule has 0 unspecified atom stereocenters. The lowest BCUT2D eigenvalue weighted by molar-refractivity contribution is 0.254. The molecule has 4 rings (SSSR count). The van der Waals surface area contributed by atoms with Crippen molar-refractivity contribution in [3.8, 4) is 11.1 Å². The molecule has 34 heavy (non-hydrogen) atoms. The van der Waals surface area contributed by atoms with Gasteiger partial charge in [-0.1, -0.05) is 105 Å². The van der Waals surface area contributed by atoms with Gasteiger partial charge >= 0.3 is 0 Å². The van der Waals surface area contributed by atoms with Crippen LogP contribution in [0.25, 0.3) is 21.9 Å². The summed E-state index contributed by atoms with van der Waals surface area (Å²) in [4.78, 5) is 0. The van der Waals surface area contributed by atoms with E-state index in [4.69, 9.17) is 0 Å². The second-order valence-corrected chi connectivity index (χ2v) is 10.3. The standard InChI is InChI=1S/C34H42/c1-3-5-7-9-27-11-13-28(14-12-27)15-16-29-17-20-31(21-18-29)33-24-23-32-25-30(10-8-6-4-2)19-22-34(32)26-33/h3-6,17-28H,7-16H2,1-2H3/b5-3+,6-4+. The Morgan fingerprint density at radius 3 is 1.91 bits per heavy atom. The van der Waals surface area contributed by atoms with Crippen molar-refractivity contribution in [2.75, 3.05) is 0 Å². The van der Waals surface area contributed by atoms with Gasteiger partial charge in [-0.3, -0.25) is 0 Å². The van der Waals surface area contributed by atoms with Crippen LogP contribution in [-0.2, 0) is 12.8 Å². The molecule has 0 saturated heterocycles. The van der Waals surface area contributed by atoms with Crippen molar-refractivity contribution in [2.24, 2.45) is 11.8 Å². The lowest BCUT2D eigenvalue weighted by Gasteiger charge is -2.28. The monoisotopic (exact) mass is 450 g/mol. The summed E-state index contributed by atoms with van der Waals surface area (Å²) in [5, 5.41) is 2.67. The van der Waals surface area contributed by atoms with Crippen LogP contribution in [0.1, 0.15) is 76.3 Å². The number of hydrogen-bond donors (Lipinski definition) is 0. The molecule has 1 fully saturated rings. The van der Waals surface area contributed by atoms with Gasteiger partial charge in [0.15, 0.2) is 0 Å². The van der Waals surface area contributed by atoms with Crippen molar-refractivity contribution in [1.82, 2.24) is 0 Å². The molecule has 0 atom stereocenters. The van der Waals surface area contributed by atoms with E-state index in [0.29, 0.717) is 0 Å². The van der Waals surface area contributed by atoms with Gasteiger partial charge in [0.1, 0.15) is 0 Å². The van der Waals surface area contributed by atoms with E-state index in [1.54, 1.807) is 0 Å². The third-order valence-corrected chi connectivity index (χ3v) is 7.81. The van der Waals surface area contributed by atoms with Crippen LogP contribution in [-0.4, -0.2) is 0 Å². The van der Waals surface area contributed by atoms with Crippen molar-refractivity contribution in [1.29, 1.82) is 0 Å². The number of rotatable bonds is 10. The smallest absolute Gasteiger partial charge is 0.0178 e. The second kappa shape index (κ2) is 12.7. The second-order valence-electron chi connectivity index (χ2n) is 10.3. The highest BCUT2D eigenvalue weighted by atomic mass is 14.3. The lowest BCUT2D eigenvalue weighted by Crippen LogP contribution is -2.15. The highest BCUT2D eigenvalue weighted by Crippen LogP contribution is 2.34. The lowest BCUT2D eigenvalue weighted by atomic mass is 9.78. The molecule has 0 bridgehead atoms. The van der Waals surface area contributed by atoms with Crippen molar-refractivity contribution < 1.29 is 0 Å². The van der Waals surface area contributed by atoms with Gasteiger partial charge in [-0.2, -0.15) is 0 Å². The van der Waals surface area contributed by atoms with E-state index in [1.165, 1.54) is 84.4 Å². The molecule has 0 N–H and O–H groups in total. The quantitative estimate of drug-likeness (QED) is 0.269. The Labute approximate surface area is 207 Å². The topological polar surface area (TPSA) is 0 Å². The minimum Gasteiger partial charge on any atom is -0.0917 e. The van der Waals surface area contributed by atoms with Gasteiger partial charge in [-0.15, -0.1) is 0 Å². The predicted octanol–water partition coefficient (Wildman–Crippen LogP) is 10.1. The summed E-state index contributed by atoms with van der Waals surface area (Å²) in [5.41, 5.74) is 5.55. The van der Waals surface area contributed by atoms with E-state index in [-0.39, 0.29) is 0 Å². The molecule has 1 saturated carbocycles. The third-order valence-electron chi connectivity index (χ3n) is 7.81. The predicted molar refractivity (Wildman–Crippen MR) is 150 cm³/mol. The molecule has 0 aromatic heterocycles. The molecule has 0 heterocycles. The third kappa shape index (κ3) is 6.95. The van der Waals surface area contributed by atoms with Crippen LogP contribution in [0.2, 0.25) is 0 Å². The van der Waals surface area contributed by atoms with Gasteiger partial charge in [0, 0.05) is 0 Å². The molecule has 0 amide bonds. The molecule has 178 valence electrons. The number of hydrogen-bond acceptors (Lipinski definition) is 0. The number of benzene rings is 3. The normalized spacial score (nSPS) is 18.9. The van der Waals surface area contributed by atoms with Gasteiger partial charge in [-0.25, -0.2) is 0 Å². The van der Waals surface area contributed by atoms with Crippen LogP contribution < -0.4 is 0 Å². The van der Waals surface area contributed by atoms with E-state index in [1.807, 2.05) is 0 Å². The van der Waals surface area contributed by atoms with E-state index in [2.05, 4.69) is 98.8 Å². The van der Waals surface area contributed by atoms with Gasteiger partial charge < -0.3 is 0 Å². The van der Waals surface area contributed by atoms with E-state index < -0.39 is 0 Å². The molecule has 3 aromatic carbocycles. The van der Waals surface area contributed by atoms with Crippen molar-refractivity contribution >= 4 is 10.8 Å². The van der Waals surface area contributed by atoms with Gasteiger partial charge in [0.2, 0.25) is 0 Å². The first-order valence-electron chi connectivity index (χ1n) is 13.6. The van der Waals surface area contributed by atoms with Gasteiger partial charge in [0.05, 0.1) is 0 Å². The van der Waals surface area contributed by atoms with E-state index in [9.17, 15) is 0 Å². The molecule has 0 radical (unpaired) electrons. The molecule has 0 nitrogen and oxygen atoms in total. The minimum atomic E-state index is 0.931. The fourth-order valence-corrected chi connectivity index (χ4v) is 5.59. The molecule has 1 aliphatic rings. The van der Waals surface area contributed by atoms with Crippen molar-refractivity contribution in [3.05, 3.63) is 96.1 Å². The van der Waals surface area contributed by atoms with Crippen LogP contribution >= 0.6 is 0 Å². The summed E-state index contributed by atoms with van der Waals surface area (Å²) in [6.45, 7) is 4.22. The maximum Gasteiger partial charge on any atom is -0.0178 e. The molecule has 1 aliphatic carbocycles. The fraction of sp³-hybridized carbons (Fsp3) is 0.412. The Bertz CT molecular complexity index is 1070. The van der Waals surface area contributed by atoms with Crippen LogP contribution in [0.5, 0.6) is 0 Å². The molecule has 0 heteroatoms. The average molecular weight is 451 g/mol. The summed E-state index contributed by atoms with van der Waals surface area (Å²) in [6.07, 6.45) is 22.1. The van der Waals surface area contributed by atoms with Crippen LogP contribution in [0, 0.1) is 11.8 Å². The zero-order chi connectivity index (χ0) is 23.6. The SMILES string of the molecule is C/C=C/CCc1ccc2cc(-c3ccc(CCC4CCC(CC/C=C/C)CC4)cc3)ccc2c1. The molecular formula is C34H42. The first-order chi connectivity index (χ1) is 16.7. The average Bonchev–Trinajstić information content (AvgIpc) is 2.88. The van der Waals surface area contributed by atoms with Gasteiger partial charge in [-0.05, 0) is 103 Å². The summed E-state index contributed by atoms with van der Waals surface area (Å²) < 4.78 is 0. The largest absolute Gasteiger partial charge is 0.0917 e.